The summed E-state index contributed by atoms with van der Waals surface area (Å²) < 4.78 is 5.49. The lowest BCUT2D eigenvalue weighted by molar-refractivity contribution is 0.0634. The first-order valence-corrected chi connectivity index (χ1v) is 5.94. The molecule has 0 radical (unpaired) electrons. The molecule has 0 unspecified atom stereocenters. The van der Waals surface area contributed by atoms with Gasteiger partial charge in [0, 0.05) is 31.0 Å². The first-order valence-electron chi connectivity index (χ1n) is 5.94. The van der Waals surface area contributed by atoms with Gasteiger partial charge in [-0.1, -0.05) is 0 Å². The minimum atomic E-state index is -0.0389. The van der Waals surface area contributed by atoms with Crippen LogP contribution in [0.1, 0.15) is 19.4 Å². The number of ether oxygens (including phenoxy) is 1. The molecule has 0 saturated carbocycles. The molecule has 0 atom stereocenters. The van der Waals surface area contributed by atoms with E-state index in [1.807, 2.05) is 19.4 Å². The summed E-state index contributed by atoms with van der Waals surface area (Å²) in [6.07, 6.45) is 3.76. The van der Waals surface area contributed by atoms with Gasteiger partial charge < -0.3 is 15.0 Å². The summed E-state index contributed by atoms with van der Waals surface area (Å²) in [5, 5.41) is 3.09. The molecule has 1 aromatic heterocycles. The zero-order valence-electron chi connectivity index (χ0n) is 10.7. The highest BCUT2D eigenvalue weighted by Crippen LogP contribution is 2.23. The highest BCUT2D eigenvalue weighted by molar-refractivity contribution is 5.35. The lowest BCUT2D eigenvalue weighted by Crippen LogP contribution is -2.53. The summed E-state index contributed by atoms with van der Waals surface area (Å²) in [5.74, 6) is 0.790. The molecule has 1 fully saturated rings. The van der Waals surface area contributed by atoms with E-state index in [4.69, 9.17) is 4.74 Å². The van der Waals surface area contributed by atoms with E-state index in [0.29, 0.717) is 6.61 Å². The summed E-state index contributed by atoms with van der Waals surface area (Å²) in [4.78, 5) is 11.1. The number of hydrogen-bond acceptors (Lipinski definition) is 5. The van der Waals surface area contributed by atoms with Crippen LogP contribution in [0.4, 0.5) is 5.95 Å². The SMILES string of the molecule is CNCc1cnc(N2CCOCC2(C)C)nc1. The van der Waals surface area contributed by atoms with Crippen LogP contribution >= 0.6 is 0 Å². The Kier molecular flexibility index (Phi) is 3.59. The van der Waals surface area contributed by atoms with E-state index in [0.717, 1.165) is 31.2 Å². The first kappa shape index (κ1) is 12.3. The molecule has 2 rings (SSSR count). The fourth-order valence-corrected chi connectivity index (χ4v) is 2.01. The Morgan fingerprint density at radius 2 is 2.12 bits per heavy atom. The van der Waals surface area contributed by atoms with Gasteiger partial charge in [0.25, 0.3) is 0 Å². The van der Waals surface area contributed by atoms with Crippen molar-refractivity contribution in [3.8, 4) is 0 Å². The monoisotopic (exact) mass is 236 g/mol. The molecule has 0 amide bonds. The second-order valence-electron chi connectivity index (χ2n) is 4.94. The van der Waals surface area contributed by atoms with Crippen LogP contribution in [0.25, 0.3) is 0 Å². The van der Waals surface area contributed by atoms with Crippen molar-refractivity contribution in [2.75, 3.05) is 31.7 Å². The molecular weight excluding hydrogens is 216 g/mol. The predicted molar refractivity (Wildman–Crippen MR) is 67.0 cm³/mol. The molecule has 94 valence electrons. The Bertz CT molecular complexity index is 363. The number of rotatable bonds is 3. The van der Waals surface area contributed by atoms with Gasteiger partial charge in [-0.3, -0.25) is 0 Å². The molecule has 17 heavy (non-hydrogen) atoms. The van der Waals surface area contributed by atoms with Crippen molar-refractivity contribution in [1.82, 2.24) is 15.3 Å². The van der Waals surface area contributed by atoms with Crippen molar-refractivity contribution in [3.63, 3.8) is 0 Å². The lowest BCUT2D eigenvalue weighted by Gasteiger charge is -2.42. The Labute approximate surface area is 102 Å². The molecule has 1 saturated heterocycles. The van der Waals surface area contributed by atoms with Gasteiger partial charge in [0.15, 0.2) is 0 Å². The van der Waals surface area contributed by atoms with Crippen LogP contribution in [0.15, 0.2) is 12.4 Å². The van der Waals surface area contributed by atoms with E-state index in [2.05, 4.69) is 34.0 Å². The standard InChI is InChI=1S/C12H20N4O/c1-12(2)9-17-5-4-16(12)11-14-7-10(6-13-3)8-15-11/h7-8,13H,4-6,9H2,1-3H3. The number of hydrogen-bond donors (Lipinski definition) is 1. The quantitative estimate of drug-likeness (QED) is 0.841. The molecular formula is C12H20N4O. The molecule has 1 aliphatic heterocycles. The van der Waals surface area contributed by atoms with Crippen LogP contribution in [0.5, 0.6) is 0 Å². The van der Waals surface area contributed by atoms with Crippen molar-refractivity contribution in [2.24, 2.45) is 0 Å². The highest BCUT2D eigenvalue weighted by atomic mass is 16.5. The van der Waals surface area contributed by atoms with Gasteiger partial charge in [-0.05, 0) is 20.9 Å². The van der Waals surface area contributed by atoms with Gasteiger partial charge in [0.05, 0.1) is 18.8 Å². The van der Waals surface area contributed by atoms with Crippen LogP contribution in [0.3, 0.4) is 0 Å². The molecule has 0 bridgehead atoms. The van der Waals surface area contributed by atoms with E-state index in [1.54, 1.807) is 0 Å². The summed E-state index contributed by atoms with van der Waals surface area (Å²) >= 11 is 0. The number of nitrogens with zero attached hydrogens (tertiary/aromatic N) is 3. The number of aromatic nitrogens is 2. The van der Waals surface area contributed by atoms with E-state index < -0.39 is 0 Å². The summed E-state index contributed by atoms with van der Waals surface area (Å²) in [5.41, 5.74) is 1.06. The maximum Gasteiger partial charge on any atom is 0.225 e. The fraction of sp³-hybridized carbons (Fsp3) is 0.667. The average molecular weight is 236 g/mol. The van der Waals surface area contributed by atoms with E-state index >= 15 is 0 Å². The Morgan fingerprint density at radius 1 is 1.41 bits per heavy atom. The summed E-state index contributed by atoms with van der Waals surface area (Å²) in [6.45, 7) is 7.40. The minimum Gasteiger partial charge on any atom is -0.377 e. The Balaban J connectivity index is 2.15. The molecule has 0 aromatic carbocycles. The highest BCUT2D eigenvalue weighted by Gasteiger charge is 2.32. The van der Waals surface area contributed by atoms with Crippen molar-refractivity contribution in [1.29, 1.82) is 0 Å². The maximum absolute atomic E-state index is 5.49. The molecule has 1 aliphatic rings. The third-order valence-electron chi connectivity index (χ3n) is 2.96. The van der Waals surface area contributed by atoms with E-state index in [9.17, 15) is 0 Å². The van der Waals surface area contributed by atoms with Crippen molar-refractivity contribution in [3.05, 3.63) is 18.0 Å². The molecule has 1 aromatic rings. The maximum atomic E-state index is 5.49. The van der Waals surface area contributed by atoms with Gasteiger partial charge in [-0.25, -0.2) is 9.97 Å². The van der Waals surface area contributed by atoms with E-state index in [1.165, 1.54) is 0 Å². The molecule has 0 aliphatic carbocycles. The topological polar surface area (TPSA) is 50.3 Å². The van der Waals surface area contributed by atoms with Crippen LogP contribution in [0.2, 0.25) is 0 Å². The van der Waals surface area contributed by atoms with Gasteiger partial charge in [-0.2, -0.15) is 0 Å². The van der Waals surface area contributed by atoms with Gasteiger partial charge >= 0.3 is 0 Å². The second-order valence-corrected chi connectivity index (χ2v) is 4.94. The third-order valence-corrected chi connectivity index (χ3v) is 2.96. The molecule has 1 N–H and O–H groups in total. The zero-order chi connectivity index (χ0) is 12.3. The number of nitrogens with one attached hydrogen (secondary N) is 1. The summed E-state index contributed by atoms with van der Waals surface area (Å²) in [6, 6.07) is 0. The van der Waals surface area contributed by atoms with Crippen LogP contribution in [-0.2, 0) is 11.3 Å². The van der Waals surface area contributed by atoms with Gasteiger partial charge in [0.2, 0.25) is 5.95 Å². The molecule has 2 heterocycles. The Morgan fingerprint density at radius 3 is 2.71 bits per heavy atom. The van der Waals surface area contributed by atoms with Crippen LogP contribution < -0.4 is 10.2 Å². The van der Waals surface area contributed by atoms with Crippen LogP contribution in [-0.4, -0.2) is 42.3 Å². The summed E-state index contributed by atoms with van der Waals surface area (Å²) in [7, 11) is 1.92. The van der Waals surface area contributed by atoms with Crippen molar-refractivity contribution < 1.29 is 4.74 Å². The minimum absolute atomic E-state index is 0.0389. The second kappa shape index (κ2) is 4.98. The Hall–Kier alpha value is -1.20. The van der Waals surface area contributed by atoms with E-state index in [-0.39, 0.29) is 5.54 Å². The molecule has 5 heteroatoms. The normalized spacial score (nSPS) is 19.4. The fourth-order valence-electron chi connectivity index (χ4n) is 2.01. The van der Waals surface area contributed by atoms with Crippen molar-refractivity contribution in [2.45, 2.75) is 25.9 Å². The third kappa shape index (κ3) is 2.73. The number of morpholine rings is 1. The average Bonchev–Trinajstić information content (AvgIpc) is 2.30. The molecule has 5 nitrogen and oxygen atoms in total. The zero-order valence-corrected chi connectivity index (χ0v) is 10.7. The van der Waals surface area contributed by atoms with Crippen molar-refractivity contribution >= 4 is 5.95 Å². The predicted octanol–water partition coefficient (Wildman–Crippen LogP) is 0.811. The lowest BCUT2D eigenvalue weighted by atomic mass is 10.0. The smallest absolute Gasteiger partial charge is 0.225 e. The largest absolute Gasteiger partial charge is 0.377 e. The molecule has 0 spiro atoms. The number of anilines is 1. The van der Waals surface area contributed by atoms with Crippen LogP contribution in [0, 0.1) is 0 Å². The van der Waals surface area contributed by atoms with Gasteiger partial charge in [0.1, 0.15) is 0 Å². The first-order chi connectivity index (χ1) is 8.13. The van der Waals surface area contributed by atoms with Gasteiger partial charge in [-0.15, -0.1) is 0 Å².